The lowest BCUT2D eigenvalue weighted by molar-refractivity contribution is 0.283. The van der Waals surface area contributed by atoms with Gasteiger partial charge in [0.1, 0.15) is 11.5 Å². The highest BCUT2D eigenvalue weighted by Crippen LogP contribution is 2.47. The Morgan fingerprint density at radius 3 is 1.77 bits per heavy atom. The zero-order valence-corrected chi connectivity index (χ0v) is 21.2. The fourth-order valence-electron chi connectivity index (χ4n) is 3.00. The van der Waals surface area contributed by atoms with Gasteiger partial charge in [-0.1, -0.05) is 76.9 Å². The Morgan fingerprint density at radius 1 is 0.867 bits per heavy atom. The van der Waals surface area contributed by atoms with E-state index in [9.17, 15) is 9.67 Å². The van der Waals surface area contributed by atoms with E-state index in [1.54, 1.807) is 13.0 Å². The van der Waals surface area contributed by atoms with Crippen molar-refractivity contribution < 1.29 is 18.7 Å². The molecule has 0 bridgehead atoms. The Hall–Kier alpha value is -1.77. The lowest BCUT2D eigenvalue weighted by Crippen LogP contribution is -2.13. The molecule has 4 nitrogen and oxygen atoms in total. The Bertz CT molecular complexity index is 889. The minimum Gasteiger partial charge on any atom is -0.508 e. The molecule has 0 aliphatic carbocycles. The number of aromatic hydroxyl groups is 1. The van der Waals surface area contributed by atoms with E-state index in [1.807, 2.05) is 38.1 Å². The predicted octanol–water partition coefficient (Wildman–Crippen LogP) is 7.53. The predicted molar refractivity (Wildman–Crippen MR) is 127 cm³/mol. The van der Waals surface area contributed by atoms with Crippen molar-refractivity contribution >= 4 is 7.60 Å². The van der Waals surface area contributed by atoms with Crippen molar-refractivity contribution in [3.05, 3.63) is 58.7 Å². The summed E-state index contributed by atoms with van der Waals surface area (Å²) in [5.74, 6) is 1.04. The summed E-state index contributed by atoms with van der Waals surface area (Å²) in [4.78, 5) is 0. The second kappa shape index (κ2) is 10.0. The molecule has 0 saturated heterocycles. The van der Waals surface area contributed by atoms with Gasteiger partial charge in [-0.25, -0.2) is 4.57 Å². The number of phenolic OH excluding ortho intramolecular Hbond substituents is 1. The summed E-state index contributed by atoms with van der Waals surface area (Å²) in [6.45, 7) is 20.4. The van der Waals surface area contributed by atoms with Gasteiger partial charge >= 0.3 is 7.60 Å². The minimum absolute atomic E-state index is 0.0239. The maximum absolute atomic E-state index is 12.1. The summed E-state index contributed by atoms with van der Waals surface area (Å²) in [5.41, 5.74) is 4.38. The van der Waals surface area contributed by atoms with Gasteiger partial charge in [0.15, 0.2) is 0 Å². The first-order chi connectivity index (χ1) is 13.6. The maximum atomic E-state index is 12.1. The molecule has 5 heteroatoms. The second-order valence-corrected chi connectivity index (χ2v) is 11.8. The molecule has 30 heavy (non-hydrogen) atoms. The molecule has 1 unspecified atom stereocenters. The molecule has 1 atom stereocenters. The standard InChI is InChI=1S/C14H23O3P.C11H16O/c1-7-16-18(6,15)17-13-9-8-11(2)10-12(13)14(3,4)5;1-8-5-6-10(12)9(7-8)11(2,3)4/h8-10H,7H2,1-6H3;5-7,12H,1-4H3. The van der Waals surface area contributed by atoms with E-state index in [0.29, 0.717) is 18.1 Å². The molecule has 0 heterocycles. The van der Waals surface area contributed by atoms with Crippen LogP contribution in [0.3, 0.4) is 0 Å². The zero-order valence-electron chi connectivity index (χ0n) is 20.3. The van der Waals surface area contributed by atoms with Gasteiger partial charge in [-0.2, -0.15) is 0 Å². The highest BCUT2D eigenvalue weighted by atomic mass is 31.2. The molecule has 0 aromatic heterocycles. The fourth-order valence-corrected chi connectivity index (χ4v) is 4.04. The van der Waals surface area contributed by atoms with Crippen LogP contribution in [0.25, 0.3) is 0 Å². The third-order valence-corrected chi connectivity index (χ3v) is 5.79. The third-order valence-electron chi connectivity index (χ3n) is 4.53. The van der Waals surface area contributed by atoms with Gasteiger partial charge in [0.05, 0.1) is 6.61 Å². The summed E-state index contributed by atoms with van der Waals surface area (Å²) in [6, 6.07) is 11.6. The summed E-state index contributed by atoms with van der Waals surface area (Å²) in [5, 5.41) is 9.57. The molecule has 1 N–H and O–H groups in total. The molecular weight excluding hydrogens is 395 g/mol. The molecule has 0 saturated carbocycles. The molecule has 168 valence electrons. The van der Waals surface area contributed by atoms with Gasteiger partial charge < -0.3 is 14.2 Å². The topological polar surface area (TPSA) is 55.8 Å². The lowest BCUT2D eigenvalue weighted by Gasteiger charge is -2.25. The minimum atomic E-state index is -3.03. The van der Waals surface area contributed by atoms with Gasteiger partial charge in [0.25, 0.3) is 0 Å². The fraction of sp³-hybridized carbons (Fsp3) is 0.520. The first kappa shape index (κ1) is 26.3. The van der Waals surface area contributed by atoms with Crippen molar-refractivity contribution in [2.24, 2.45) is 0 Å². The normalized spacial score (nSPS) is 13.8. The van der Waals surface area contributed by atoms with Gasteiger partial charge in [-0.15, -0.1) is 0 Å². The van der Waals surface area contributed by atoms with E-state index in [2.05, 4.69) is 47.6 Å². The number of phenols is 1. The van der Waals surface area contributed by atoms with Gasteiger partial charge in [0, 0.05) is 12.2 Å². The average Bonchev–Trinajstić information content (AvgIpc) is 2.57. The van der Waals surface area contributed by atoms with Crippen LogP contribution in [0.4, 0.5) is 0 Å². The van der Waals surface area contributed by atoms with Crippen molar-refractivity contribution in [2.75, 3.05) is 13.3 Å². The molecule has 0 aliphatic rings. The van der Waals surface area contributed by atoms with Crippen LogP contribution >= 0.6 is 7.60 Å². The van der Waals surface area contributed by atoms with Gasteiger partial charge in [-0.3, -0.25) is 0 Å². The van der Waals surface area contributed by atoms with Crippen LogP contribution in [0.2, 0.25) is 0 Å². The Morgan fingerprint density at radius 2 is 1.33 bits per heavy atom. The number of hydrogen-bond acceptors (Lipinski definition) is 4. The molecule has 2 rings (SSSR count). The summed E-state index contributed by atoms with van der Waals surface area (Å²) in [7, 11) is -3.03. The highest BCUT2D eigenvalue weighted by Gasteiger charge is 2.24. The zero-order chi connectivity index (χ0) is 23.3. The van der Waals surface area contributed by atoms with Crippen LogP contribution in [0.15, 0.2) is 36.4 Å². The smallest absolute Gasteiger partial charge is 0.376 e. The van der Waals surface area contributed by atoms with Crippen molar-refractivity contribution in [3.63, 3.8) is 0 Å². The van der Waals surface area contributed by atoms with Crippen molar-refractivity contribution in [2.45, 2.75) is 73.1 Å². The van der Waals surface area contributed by atoms with E-state index in [4.69, 9.17) is 9.05 Å². The maximum Gasteiger partial charge on any atom is 0.376 e. The van der Waals surface area contributed by atoms with Gasteiger partial charge in [0.2, 0.25) is 0 Å². The molecule has 0 fully saturated rings. The number of rotatable bonds is 4. The first-order valence-corrected chi connectivity index (χ1v) is 12.4. The number of hydrogen-bond donors (Lipinski definition) is 1. The Kier molecular flexibility index (Phi) is 8.78. The van der Waals surface area contributed by atoms with Crippen LogP contribution in [0, 0.1) is 13.8 Å². The van der Waals surface area contributed by atoms with E-state index in [-0.39, 0.29) is 10.8 Å². The quantitative estimate of drug-likeness (QED) is 0.505. The molecule has 2 aromatic rings. The van der Waals surface area contributed by atoms with Crippen LogP contribution in [-0.4, -0.2) is 18.4 Å². The van der Waals surface area contributed by atoms with Crippen LogP contribution < -0.4 is 4.52 Å². The Balaban J connectivity index is 0.000000325. The molecule has 2 aromatic carbocycles. The molecule has 0 radical (unpaired) electrons. The van der Waals surface area contributed by atoms with E-state index in [1.165, 1.54) is 12.2 Å². The Labute approximate surface area is 183 Å². The monoisotopic (exact) mass is 434 g/mol. The first-order valence-electron chi connectivity index (χ1n) is 10.4. The van der Waals surface area contributed by atoms with Crippen LogP contribution in [-0.2, 0) is 19.9 Å². The molecule has 0 spiro atoms. The summed E-state index contributed by atoms with van der Waals surface area (Å²) < 4.78 is 22.9. The highest BCUT2D eigenvalue weighted by molar-refractivity contribution is 7.53. The van der Waals surface area contributed by atoms with Crippen molar-refractivity contribution in [1.82, 2.24) is 0 Å². The molecule has 0 amide bonds. The van der Waals surface area contributed by atoms with E-state index < -0.39 is 7.60 Å². The lowest BCUT2D eigenvalue weighted by atomic mass is 9.85. The average molecular weight is 435 g/mol. The van der Waals surface area contributed by atoms with Crippen LogP contribution in [0.5, 0.6) is 11.5 Å². The molecule has 0 aliphatic heterocycles. The third kappa shape index (κ3) is 8.16. The second-order valence-electron chi connectivity index (χ2n) is 9.80. The van der Waals surface area contributed by atoms with Crippen LogP contribution in [0.1, 0.15) is 70.7 Å². The van der Waals surface area contributed by atoms with Gasteiger partial charge in [-0.05, 0) is 49.3 Å². The number of benzene rings is 2. The largest absolute Gasteiger partial charge is 0.508 e. The SMILES string of the molecule is CCOP(C)(=O)Oc1ccc(C)cc1C(C)(C)C.Cc1ccc(O)c(C(C)(C)C)c1. The summed E-state index contributed by atoms with van der Waals surface area (Å²) >= 11 is 0. The van der Waals surface area contributed by atoms with E-state index in [0.717, 1.165) is 16.7 Å². The number of aryl methyl sites for hydroxylation is 2. The molecular formula is C25H39O4P. The summed E-state index contributed by atoms with van der Waals surface area (Å²) in [6.07, 6.45) is 0. The van der Waals surface area contributed by atoms with Crippen molar-refractivity contribution in [1.29, 1.82) is 0 Å². The van der Waals surface area contributed by atoms with Crippen molar-refractivity contribution in [3.8, 4) is 11.5 Å². The van der Waals surface area contributed by atoms with E-state index >= 15 is 0 Å².